The Morgan fingerprint density at radius 3 is 2.30 bits per heavy atom. The minimum absolute atomic E-state index is 0.0894. The number of ether oxygens (including phenoxy) is 1. The van der Waals surface area contributed by atoms with Crippen LogP contribution in [0.5, 0.6) is 11.5 Å². The van der Waals surface area contributed by atoms with Gasteiger partial charge in [0.15, 0.2) is 0 Å². The zero-order valence-electron chi connectivity index (χ0n) is 18.3. The molecule has 4 nitrogen and oxygen atoms in total. The number of benzene rings is 3. The van der Waals surface area contributed by atoms with Gasteiger partial charge < -0.3 is 9.64 Å². The average molecular weight is 465 g/mol. The van der Waals surface area contributed by atoms with Crippen LogP contribution in [-0.2, 0) is 6.54 Å². The molecular weight excluding hydrogens is 439 g/mol. The van der Waals surface area contributed by atoms with E-state index in [-0.39, 0.29) is 17.1 Å². The van der Waals surface area contributed by atoms with Crippen LogP contribution in [0.25, 0.3) is 0 Å². The fourth-order valence-corrected chi connectivity index (χ4v) is 4.91. The Balaban J connectivity index is 1.15. The van der Waals surface area contributed by atoms with E-state index in [1.807, 2.05) is 23.1 Å². The number of hydrogen-bond donors (Lipinski definition) is 0. The lowest BCUT2D eigenvalue weighted by Crippen LogP contribution is -2.61. The van der Waals surface area contributed by atoms with Gasteiger partial charge >= 0.3 is 0 Å². The molecule has 2 heterocycles. The first-order chi connectivity index (χ1) is 16.0. The van der Waals surface area contributed by atoms with Crippen LogP contribution < -0.4 is 4.74 Å². The summed E-state index contributed by atoms with van der Waals surface area (Å²) in [6.07, 6.45) is 2.16. The van der Waals surface area contributed by atoms with Crippen LogP contribution in [0.2, 0.25) is 5.02 Å². The highest BCUT2D eigenvalue weighted by Crippen LogP contribution is 2.41. The summed E-state index contributed by atoms with van der Waals surface area (Å²) in [6, 6.07) is 21.2. The Labute approximate surface area is 198 Å². The summed E-state index contributed by atoms with van der Waals surface area (Å²) < 4.78 is 19.2. The molecule has 1 amide bonds. The molecule has 3 aromatic rings. The third-order valence-electron chi connectivity index (χ3n) is 6.76. The Bertz CT molecular complexity index is 1120. The van der Waals surface area contributed by atoms with Gasteiger partial charge in [-0.25, -0.2) is 4.39 Å². The lowest BCUT2D eigenvalue weighted by molar-refractivity contribution is -0.0336. The maximum absolute atomic E-state index is 13.2. The van der Waals surface area contributed by atoms with E-state index >= 15 is 0 Å². The van der Waals surface area contributed by atoms with Crippen molar-refractivity contribution in [2.45, 2.75) is 19.4 Å². The molecule has 2 aliphatic heterocycles. The molecule has 3 aromatic carbocycles. The molecule has 2 aliphatic rings. The second-order valence-corrected chi connectivity index (χ2v) is 9.54. The minimum atomic E-state index is -0.276. The highest BCUT2D eigenvalue weighted by atomic mass is 35.5. The molecule has 0 N–H and O–H groups in total. The van der Waals surface area contributed by atoms with Gasteiger partial charge in [0.2, 0.25) is 0 Å². The van der Waals surface area contributed by atoms with E-state index in [0.29, 0.717) is 16.3 Å². The molecule has 0 radical (unpaired) electrons. The average Bonchev–Trinajstić information content (AvgIpc) is 2.81. The van der Waals surface area contributed by atoms with Crippen LogP contribution in [0.1, 0.15) is 28.8 Å². The van der Waals surface area contributed by atoms with Gasteiger partial charge in [-0.3, -0.25) is 9.69 Å². The topological polar surface area (TPSA) is 32.8 Å². The quantitative estimate of drug-likeness (QED) is 0.463. The number of likely N-dealkylation sites (tertiary alicyclic amines) is 2. The van der Waals surface area contributed by atoms with Crippen LogP contribution in [0.4, 0.5) is 4.39 Å². The highest BCUT2D eigenvalue weighted by molar-refractivity contribution is 6.30. The molecule has 2 fully saturated rings. The normalized spacial score (nSPS) is 17.6. The van der Waals surface area contributed by atoms with E-state index in [9.17, 15) is 9.18 Å². The molecule has 170 valence electrons. The Morgan fingerprint density at radius 1 is 0.939 bits per heavy atom. The Morgan fingerprint density at radius 2 is 1.61 bits per heavy atom. The molecule has 0 unspecified atom stereocenters. The van der Waals surface area contributed by atoms with E-state index in [1.54, 1.807) is 36.4 Å². The second kappa shape index (κ2) is 9.16. The van der Waals surface area contributed by atoms with Crippen LogP contribution in [-0.4, -0.2) is 41.9 Å². The summed E-state index contributed by atoms with van der Waals surface area (Å²) in [5.41, 5.74) is 2.05. The van der Waals surface area contributed by atoms with Gasteiger partial charge in [0.25, 0.3) is 5.91 Å². The first-order valence-corrected chi connectivity index (χ1v) is 11.7. The first kappa shape index (κ1) is 21.9. The predicted molar refractivity (Wildman–Crippen MR) is 127 cm³/mol. The van der Waals surface area contributed by atoms with Crippen molar-refractivity contribution in [1.29, 1.82) is 0 Å². The summed E-state index contributed by atoms with van der Waals surface area (Å²) in [5.74, 6) is 1.24. The van der Waals surface area contributed by atoms with Crippen LogP contribution >= 0.6 is 11.6 Å². The second-order valence-electron chi connectivity index (χ2n) is 9.11. The van der Waals surface area contributed by atoms with Crippen LogP contribution in [0, 0.1) is 11.2 Å². The van der Waals surface area contributed by atoms with Crippen molar-refractivity contribution in [3.63, 3.8) is 0 Å². The summed E-state index contributed by atoms with van der Waals surface area (Å²) in [5, 5.41) is 0.642. The molecule has 6 heteroatoms. The van der Waals surface area contributed by atoms with Gasteiger partial charge in [-0.2, -0.15) is 0 Å². The third-order valence-corrected chi connectivity index (χ3v) is 7.01. The standard InChI is InChI=1S/C27H26ClFN2O2/c28-22-7-5-20(6-8-22)26(32)31-18-27(19-31)13-15-30(16-14-27)17-21-3-1-2-4-25(21)33-24-11-9-23(29)10-12-24/h1-12H,13-19H2. The van der Waals surface area contributed by atoms with Gasteiger partial charge in [-0.1, -0.05) is 29.8 Å². The molecular formula is C27H26ClFN2O2. The van der Waals surface area contributed by atoms with Crippen molar-refractivity contribution in [2.24, 2.45) is 5.41 Å². The van der Waals surface area contributed by atoms with Crippen LogP contribution in [0.15, 0.2) is 72.8 Å². The fourth-order valence-electron chi connectivity index (χ4n) is 4.79. The zero-order valence-corrected chi connectivity index (χ0v) is 19.1. The maximum Gasteiger partial charge on any atom is 0.253 e. The van der Waals surface area contributed by atoms with Gasteiger partial charge in [-0.05, 0) is 80.5 Å². The molecule has 0 aliphatic carbocycles. The van der Waals surface area contributed by atoms with Gasteiger partial charge in [-0.15, -0.1) is 0 Å². The van der Waals surface area contributed by atoms with Crippen molar-refractivity contribution >= 4 is 17.5 Å². The van der Waals surface area contributed by atoms with E-state index in [0.717, 1.165) is 56.9 Å². The van der Waals surface area contributed by atoms with Crippen molar-refractivity contribution in [2.75, 3.05) is 26.2 Å². The van der Waals surface area contributed by atoms with Crippen molar-refractivity contribution in [1.82, 2.24) is 9.80 Å². The van der Waals surface area contributed by atoms with Gasteiger partial charge in [0.05, 0.1) is 0 Å². The number of amides is 1. The van der Waals surface area contributed by atoms with E-state index < -0.39 is 0 Å². The first-order valence-electron chi connectivity index (χ1n) is 11.3. The van der Waals surface area contributed by atoms with Gasteiger partial charge in [0.1, 0.15) is 17.3 Å². The lowest BCUT2D eigenvalue weighted by Gasteiger charge is -2.54. The fraction of sp³-hybridized carbons (Fsp3) is 0.296. The number of nitrogens with zero attached hydrogens (tertiary/aromatic N) is 2. The number of carbonyl (C=O) groups is 1. The number of hydrogen-bond acceptors (Lipinski definition) is 3. The molecule has 33 heavy (non-hydrogen) atoms. The smallest absolute Gasteiger partial charge is 0.253 e. The monoisotopic (exact) mass is 464 g/mol. The molecule has 5 rings (SSSR count). The van der Waals surface area contributed by atoms with Crippen molar-refractivity contribution in [3.05, 3.63) is 94.8 Å². The van der Waals surface area contributed by atoms with E-state index in [2.05, 4.69) is 11.0 Å². The molecule has 0 bridgehead atoms. The number of halogens is 2. The van der Waals surface area contributed by atoms with Crippen LogP contribution in [0.3, 0.4) is 0 Å². The Kier molecular flexibility index (Phi) is 6.09. The molecule has 1 spiro atoms. The SMILES string of the molecule is O=C(c1ccc(Cl)cc1)N1CC2(CCN(Cc3ccccc3Oc3ccc(F)cc3)CC2)C1. The number of piperidine rings is 1. The van der Waals surface area contributed by atoms with Crippen molar-refractivity contribution in [3.8, 4) is 11.5 Å². The zero-order chi connectivity index (χ0) is 22.8. The molecule has 2 saturated heterocycles. The lowest BCUT2D eigenvalue weighted by atomic mass is 9.71. The number of rotatable bonds is 5. The molecule has 0 saturated carbocycles. The third kappa shape index (κ3) is 4.90. The van der Waals surface area contributed by atoms with Crippen molar-refractivity contribution < 1.29 is 13.9 Å². The van der Waals surface area contributed by atoms with Gasteiger partial charge in [0, 0.05) is 41.2 Å². The predicted octanol–water partition coefficient (Wildman–Crippen LogP) is 6.01. The Hall–Kier alpha value is -2.89. The largest absolute Gasteiger partial charge is 0.457 e. The summed E-state index contributed by atoms with van der Waals surface area (Å²) in [6.45, 7) is 4.45. The summed E-state index contributed by atoms with van der Waals surface area (Å²) in [4.78, 5) is 17.1. The number of para-hydroxylation sites is 1. The van der Waals surface area contributed by atoms with E-state index in [1.165, 1.54) is 12.1 Å². The molecule has 0 atom stereocenters. The maximum atomic E-state index is 13.2. The summed E-state index contributed by atoms with van der Waals surface area (Å²) in [7, 11) is 0. The molecule has 0 aromatic heterocycles. The number of carbonyl (C=O) groups excluding carboxylic acids is 1. The highest BCUT2D eigenvalue weighted by Gasteiger charge is 2.46. The minimum Gasteiger partial charge on any atom is -0.457 e. The summed E-state index contributed by atoms with van der Waals surface area (Å²) >= 11 is 5.94. The van der Waals surface area contributed by atoms with E-state index in [4.69, 9.17) is 16.3 Å².